The normalized spacial score (nSPS) is 21.5. The van der Waals surface area contributed by atoms with Crippen LogP contribution in [0, 0.1) is 12.8 Å². The summed E-state index contributed by atoms with van der Waals surface area (Å²) in [6.45, 7) is 5.59. The summed E-state index contributed by atoms with van der Waals surface area (Å²) in [5, 5.41) is 0.434. The zero-order valence-electron chi connectivity index (χ0n) is 15.2. The molecule has 0 amide bonds. The van der Waals surface area contributed by atoms with Gasteiger partial charge in [0, 0.05) is 25.2 Å². The Kier molecular flexibility index (Phi) is 3.76. The van der Waals surface area contributed by atoms with Gasteiger partial charge in [-0.05, 0) is 50.7 Å². The Hall–Kier alpha value is -2.48. The van der Waals surface area contributed by atoms with E-state index in [1.54, 1.807) is 4.57 Å². The molecular weight excluding hydrogens is 332 g/mol. The van der Waals surface area contributed by atoms with Crippen LogP contribution in [0.5, 0.6) is 0 Å². The predicted octanol–water partition coefficient (Wildman–Crippen LogP) is 0.276. The Bertz CT molecular complexity index is 1000. The number of nitrogens with two attached hydrogens (primary N) is 3. The molecule has 8 nitrogen and oxygen atoms in total. The maximum atomic E-state index is 12.6. The van der Waals surface area contributed by atoms with E-state index in [9.17, 15) is 9.59 Å². The first-order chi connectivity index (χ1) is 12.3. The molecule has 2 atom stereocenters. The lowest BCUT2D eigenvalue weighted by Crippen LogP contribution is -2.45. The van der Waals surface area contributed by atoms with Gasteiger partial charge in [-0.3, -0.25) is 9.36 Å². The van der Waals surface area contributed by atoms with Crippen LogP contribution in [0.4, 0.5) is 11.4 Å². The molecule has 2 fully saturated rings. The summed E-state index contributed by atoms with van der Waals surface area (Å²) >= 11 is 0. The first kappa shape index (κ1) is 17.0. The first-order valence-corrected chi connectivity index (χ1v) is 9.17. The van der Waals surface area contributed by atoms with Crippen molar-refractivity contribution in [2.75, 3.05) is 29.6 Å². The molecule has 1 aromatic heterocycles. The molecule has 1 aliphatic heterocycles. The summed E-state index contributed by atoms with van der Waals surface area (Å²) in [5.41, 5.74) is 14.3. The molecule has 1 saturated carbocycles. The van der Waals surface area contributed by atoms with Crippen molar-refractivity contribution >= 4 is 22.3 Å². The highest BCUT2D eigenvalue weighted by molar-refractivity contribution is 5.98. The van der Waals surface area contributed by atoms with Gasteiger partial charge in [-0.25, -0.2) is 4.79 Å². The van der Waals surface area contributed by atoms with Crippen molar-refractivity contribution in [3.63, 3.8) is 0 Å². The Labute approximate surface area is 151 Å². The minimum absolute atomic E-state index is 0.0627. The van der Waals surface area contributed by atoms with Crippen molar-refractivity contribution in [2.45, 2.75) is 45.2 Å². The van der Waals surface area contributed by atoms with Crippen molar-refractivity contribution in [1.29, 1.82) is 0 Å². The molecule has 0 radical (unpaired) electrons. The lowest BCUT2D eigenvalue weighted by Gasteiger charge is -2.24. The lowest BCUT2D eigenvalue weighted by atomic mass is 10.0. The van der Waals surface area contributed by atoms with Crippen LogP contribution in [0.25, 0.3) is 10.9 Å². The number of nitrogens with zero attached hydrogens (tertiary/aromatic N) is 3. The third kappa shape index (κ3) is 2.39. The largest absolute Gasteiger partial charge is 0.395 e. The molecule has 1 aromatic carbocycles. The fourth-order valence-corrected chi connectivity index (χ4v) is 4.11. The molecular formula is C18H26N6O2. The summed E-state index contributed by atoms with van der Waals surface area (Å²) in [4.78, 5) is 27.5. The Morgan fingerprint density at radius 2 is 1.92 bits per heavy atom. The fraction of sp³-hybridized carbons (Fsp3) is 0.556. The molecule has 6 N–H and O–H groups in total. The highest BCUT2D eigenvalue weighted by atomic mass is 16.2. The molecule has 0 spiro atoms. The number of aryl methyl sites for hydroxylation is 1. The summed E-state index contributed by atoms with van der Waals surface area (Å²) in [6.07, 6.45) is 2.80. The average Bonchev–Trinajstić information content (AvgIpc) is 3.30. The van der Waals surface area contributed by atoms with Crippen molar-refractivity contribution < 1.29 is 0 Å². The van der Waals surface area contributed by atoms with Gasteiger partial charge < -0.3 is 22.2 Å². The van der Waals surface area contributed by atoms with Crippen LogP contribution < -0.4 is 33.5 Å². The highest BCUT2D eigenvalue weighted by Gasteiger charge is 2.32. The van der Waals surface area contributed by atoms with Crippen molar-refractivity contribution in [2.24, 2.45) is 11.7 Å². The van der Waals surface area contributed by atoms with Gasteiger partial charge in [0.05, 0.1) is 22.3 Å². The Balaban J connectivity index is 1.97. The van der Waals surface area contributed by atoms with E-state index in [4.69, 9.17) is 17.3 Å². The number of aromatic nitrogens is 2. The molecule has 2 aromatic rings. The number of fused-ring (bicyclic) bond motifs is 1. The number of benzene rings is 1. The van der Waals surface area contributed by atoms with E-state index in [2.05, 4.69) is 4.90 Å². The van der Waals surface area contributed by atoms with Crippen LogP contribution in [-0.2, 0) is 0 Å². The SMILES string of the molecule is Cc1cc(N2CCC(C(C)N)C2)c(N)c2c1c(=O)n(N)c(=O)n2C1CC1. The van der Waals surface area contributed by atoms with Crippen molar-refractivity contribution in [3.05, 3.63) is 32.5 Å². The molecule has 2 heterocycles. The number of hydrogen-bond acceptors (Lipinski definition) is 6. The molecule has 4 rings (SSSR count). The summed E-state index contributed by atoms with van der Waals surface area (Å²) in [6, 6.07) is 2.12. The number of anilines is 2. The van der Waals surface area contributed by atoms with Gasteiger partial charge in [0.1, 0.15) is 0 Å². The summed E-state index contributed by atoms with van der Waals surface area (Å²) in [7, 11) is 0. The second kappa shape index (κ2) is 5.77. The molecule has 2 aliphatic rings. The number of hydrogen-bond donors (Lipinski definition) is 3. The monoisotopic (exact) mass is 358 g/mol. The third-order valence-electron chi connectivity index (χ3n) is 5.82. The van der Waals surface area contributed by atoms with Crippen LogP contribution in [-0.4, -0.2) is 28.4 Å². The van der Waals surface area contributed by atoms with Crippen LogP contribution >= 0.6 is 0 Å². The Morgan fingerprint density at radius 3 is 2.50 bits per heavy atom. The zero-order chi connectivity index (χ0) is 18.7. The van der Waals surface area contributed by atoms with Gasteiger partial charge in [-0.2, -0.15) is 4.68 Å². The van der Waals surface area contributed by atoms with Crippen LogP contribution in [0.2, 0.25) is 0 Å². The fourth-order valence-electron chi connectivity index (χ4n) is 4.11. The van der Waals surface area contributed by atoms with Gasteiger partial charge in [0.2, 0.25) is 0 Å². The number of nitrogen functional groups attached to an aromatic ring is 2. The third-order valence-corrected chi connectivity index (χ3v) is 5.82. The van der Waals surface area contributed by atoms with Crippen LogP contribution in [0.15, 0.2) is 15.7 Å². The van der Waals surface area contributed by atoms with Gasteiger partial charge >= 0.3 is 5.69 Å². The lowest BCUT2D eigenvalue weighted by molar-refractivity contribution is 0.488. The van der Waals surface area contributed by atoms with E-state index in [0.717, 1.165) is 43.6 Å². The standard InChI is InChI=1S/C18H26N6O2/c1-9-7-13(22-6-5-11(8-22)10(2)19)15(20)16-14(9)17(25)24(21)18(26)23(16)12-3-4-12/h7,10-12H,3-6,8,19-21H2,1-2H3. The van der Waals surface area contributed by atoms with Gasteiger partial charge in [0.15, 0.2) is 0 Å². The molecule has 8 heteroatoms. The maximum absolute atomic E-state index is 12.6. The second-order valence-electron chi connectivity index (χ2n) is 7.76. The summed E-state index contributed by atoms with van der Waals surface area (Å²) < 4.78 is 2.32. The predicted molar refractivity (Wildman–Crippen MR) is 104 cm³/mol. The van der Waals surface area contributed by atoms with Gasteiger partial charge in [-0.1, -0.05) is 0 Å². The van der Waals surface area contributed by atoms with Crippen LogP contribution in [0.3, 0.4) is 0 Å². The summed E-state index contributed by atoms with van der Waals surface area (Å²) in [5.74, 6) is 6.16. The smallest absolute Gasteiger partial charge is 0.350 e. The van der Waals surface area contributed by atoms with E-state index in [-0.39, 0.29) is 12.1 Å². The number of rotatable bonds is 3. The minimum atomic E-state index is -0.497. The van der Waals surface area contributed by atoms with Gasteiger partial charge in [-0.15, -0.1) is 0 Å². The van der Waals surface area contributed by atoms with Gasteiger partial charge in [0.25, 0.3) is 5.56 Å². The van der Waals surface area contributed by atoms with E-state index >= 15 is 0 Å². The quantitative estimate of drug-likeness (QED) is 0.534. The van der Waals surface area contributed by atoms with E-state index in [1.165, 1.54) is 0 Å². The second-order valence-corrected chi connectivity index (χ2v) is 7.76. The van der Waals surface area contributed by atoms with Crippen molar-refractivity contribution in [3.8, 4) is 0 Å². The maximum Gasteiger partial charge on any atom is 0.350 e. The van der Waals surface area contributed by atoms with E-state index in [1.807, 2.05) is 19.9 Å². The minimum Gasteiger partial charge on any atom is -0.395 e. The molecule has 2 unspecified atom stereocenters. The van der Waals surface area contributed by atoms with Crippen molar-refractivity contribution in [1.82, 2.24) is 9.24 Å². The van der Waals surface area contributed by atoms with E-state index in [0.29, 0.717) is 27.2 Å². The average molecular weight is 358 g/mol. The molecule has 1 saturated heterocycles. The zero-order valence-corrected chi connectivity index (χ0v) is 15.2. The first-order valence-electron chi connectivity index (χ1n) is 9.17. The topological polar surface area (TPSA) is 125 Å². The highest BCUT2D eigenvalue weighted by Crippen LogP contribution is 2.40. The molecule has 26 heavy (non-hydrogen) atoms. The molecule has 0 bridgehead atoms. The molecule has 140 valence electrons. The van der Waals surface area contributed by atoms with Crippen LogP contribution in [0.1, 0.15) is 37.8 Å². The molecule has 1 aliphatic carbocycles. The van der Waals surface area contributed by atoms with E-state index < -0.39 is 11.2 Å². The Morgan fingerprint density at radius 1 is 1.23 bits per heavy atom.